The highest BCUT2D eigenvalue weighted by Crippen LogP contribution is 2.41. The Hall–Kier alpha value is -2.92. The number of sulfonamides is 1. The molecule has 0 unspecified atom stereocenters. The number of nitrogens with zero attached hydrogens (tertiary/aromatic N) is 1. The minimum atomic E-state index is -4.08. The van der Waals surface area contributed by atoms with Gasteiger partial charge in [-0.15, -0.1) is 0 Å². The smallest absolute Gasteiger partial charge is 0.208 e. The van der Waals surface area contributed by atoms with Gasteiger partial charge in [-0.05, 0) is 36.2 Å². The maximum atomic E-state index is 15.6. The number of fused-ring (bicyclic) bond motifs is 1. The molecule has 1 aliphatic rings. The second-order valence-corrected chi connectivity index (χ2v) is 8.31. The molecule has 5 heteroatoms. The molecule has 3 aromatic rings. The van der Waals surface area contributed by atoms with Gasteiger partial charge < -0.3 is 0 Å². The monoisotopic (exact) mass is 379 g/mol. The standard InChI is InChI=1S/C22H18FNO2S/c1-16-11-13-19(14-12-16)27(25,26)24-21-10-6-5-9-18(21)15-20(22(24)23)17-7-3-2-4-8-17/h2-14H,15H2,1H3. The van der Waals surface area contributed by atoms with E-state index in [0.717, 1.165) is 15.4 Å². The molecule has 0 bridgehead atoms. The molecule has 3 aromatic carbocycles. The molecule has 0 fully saturated rings. The molecule has 1 aliphatic heterocycles. The van der Waals surface area contributed by atoms with Gasteiger partial charge in [0.15, 0.2) is 0 Å². The molecule has 0 saturated carbocycles. The van der Waals surface area contributed by atoms with Crippen LogP contribution in [-0.2, 0) is 16.4 Å². The van der Waals surface area contributed by atoms with Gasteiger partial charge in [0.05, 0.1) is 10.6 Å². The molecule has 0 N–H and O–H groups in total. The maximum Gasteiger partial charge on any atom is 0.270 e. The van der Waals surface area contributed by atoms with E-state index in [4.69, 9.17) is 0 Å². The molecular formula is C22H18FNO2S. The quantitative estimate of drug-likeness (QED) is 0.595. The Labute approximate surface area is 158 Å². The molecule has 3 nitrogen and oxygen atoms in total. The first-order chi connectivity index (χ1) is 13.0. The normalized spacial score (nSPS) is 14.2. The topological polar surface area (TPSA) is 37.4 Å². The number of anilines is 1. The van der Waals surface area contributed by atoms with Gasteiger partial charge in [0.25, 0.3) is 10.0 Å². The highest BCUT2D eigenvalue weighted by Gasteiger charge is 2.35. The zero-order valence-electron chi connectivity index (χ0n) is 14.8. The zero-order valence-corrected chi connectivity index (χ0v) is 15.6. The Morgan fingerprint density at radius 3 is 2.19 bits per heavy atom. The molecule has 1 heterocycles. The van der Waals surface area contributed by atoms with Gasteiger partial charge in [-0.3, -0.25) is 0 Å². The average molecular weight is 379 g/mol. The Morgan fingerprint density at radius 2 is 1.48 bits per heavy atom. The van der Waals surface area contributed by atoms with E-state index < -0.39 is 16.0 Å². The number of allylic oxidation sites excluding steroid dienone is 1. The van der Waals surface area contributed by atoms with Crippen molar-refractivity contribution in [1.82, 2.24) is 0 Å². The van der Waals surface area contributed by atoms with Crippen LogP contribution in [0.5, 0.6) is 0 Å². The largest absolute Gasteiger partial charge is 0.270 e. The molecule has 0 radical (unpaired) electrons. The highest BCUT2D eigenvalue weighted by molar-refractivity contribution is 7.93. The fraction of sp³-hybridized carbons (Fsp3) is 0.0909. The summed E-state index contributed by atoms with van der Waals surface area (Å²) in [6.07, 6.45) is 0.339. The molecule has 27 heavy (non-hydrogen) atoms. The molecule has 4 rings (SSSR count). The third-order valence-electron chi connectivity index (χ3n) is 4.69. The molecule has 0 aliphatic carbocycles. The summed E-state index contributed by atoms with van der Waals surface area (Å²) >= 11 is 0. The average Bonchev–Trinajstić information content (AvgIpc) is 2.68. The Morgan fingerprint density at radius 1 is 0.852 bits per heavy atom. The molecule has 136 valence electrons. The van der Waals surface area contributed by atoms with Crippen molar-refractivity contribution in [3.8, 4) is 0 Å². The SMILES string of the molecule is Cc1ccc(S(=O)(=O)N2C(F)=C(c3ccccc3)Cc3ccccc32)cc1. The first-order valence-corrected chi connectivity index (χ1v) is 10.1. The van der Waals surface area contributed by atoms with Crippen molar-refractivity contribution in [2.45, 2.75) is 18.2 Å². The van der Waals surface area contributed by atoms with Gasteiger partial charge >= 0.3 is 0 Å². The second kappa shape index (κ2) is 6.67. The van der Waals surface area contributed by atoms with Crippen molar-refractivity contribution >= 4 is 21.3 Å². The van der Waals surface area contributed by atoms with Gasteiger partial charge in [0.2, 0.25) is 5.95 Å². The van der Waals surface area contributed by atoms with Gasteiger partial charge in [-0.1, -0.05) is 66.2 Å². The van der Waals surface area contributed by atoms with E-state index in [1.165, 1.54) is 12.1 Å². The summed E-state index contributed by atoms with van der Waals surface area (Å²) in [5.74, 6) is -0.750. The summed E-state index contributed by atoms with van der Waals surface area (Å²) < 4.78 is 43.0. The predicted octanol–water partition coefficient (Wildman–Crippen LogP) is 5.08. The summed E-state index contributed by atoms with van der Waals surface area (Å²) in [5.41, 5.74) is 3.11. The summed E-state index contributed by atoms with van der Waals surface area (Å²) in [5, 5.41) is 0. The van der Waals surface area contributed by atoms with Crippen LogP contribution in [0, 0.1) is 6.92 Å². The van der Waals surface area contributed by atoms with E-state index in [-0.39, 0.29) is 4.90 Å². The summed E-state index contributed by atoms with van der Waals surface area (Å²) in [6.45, 7) is 1.88. The molecule has 0 aromatic heterocycles. The predicted molar refractivity (Wildman–Crippen MR) is 105 cm³/mol. The first kappa shape index (κ1) is 17.5. The third-order valence-corrected chi connectivity index (χ3v) is 6.39. The lowest BCUT2D eigenvalue weighted by molar-refractivity contribution is 0.572. The molecule has 0 spiro atoms. The molecule has 0 atom stereocenters. The second-order valence-electron chi connectivity index (χ2n) is 6.52. The summed E-state index contributed by atoms with van der Waals surface area (Å²) in [6, 6.07) is 22.5. The number of aryl methyl sites for hydroxylation is 1. The van der Waals surface area contributed by atoms with E-state index in [9.17, 15) is 8.42 Å². The number of hydrogen-bond acceptors (Lipinski definition) is 2. The van der Waals surface area contributed by atoms with Gasteiger partial charge in [-0.25, -0.2) is 12.7 Å². The third kappa shape index (κ3) is 3.04. The van der Waals surface area contributed by atoms with Gasteiger partial charge in [0.1, 0.15) is 0 Å². The number of benzene rings is 3. The van der Waals surface area contributed by atoms with Gasteiger partial charge in [0, 0.05) is 12.0 Å². The van der Waals surface area contributed by atoms with Crippen LogP contribution in [0.15, 0.2) is 89.7 Å². The van der Waals surface area contributed by atoms with Crippen molar-refractivity contribution in [1.29, 1.82) is 0 Å². The Kier molecular flexibility index (Phi) is 4.32. The van der Waals surface area contributed by atoms with E-state index in [2.05, 4.69) is 0 Å². The lowest BCUT2D eigenvalue weighted by Crippen LogP contribution is -2.32. The van der Waals surface area contributed by atoms with Crippen LogP contribution in [0.25, 0.3) is 5.57 Å². The number of hydrogen-bond donors (Lipinski definition) is 0. The number of rotatable bonds is 3. The Balaban J connectivity index is 1.93. The lowest BCUT2D eigenvalue weighted by Gasteiger charge is -2.30. The van der Waals surface area contributed by atoms with Crippen molar-refractivity contribution in [3.05, 3.63) is 102 Å². The minimum absolute atomic E-state index is 0.0624. The lowest BCUT2D eigenvalue weighted by atomic mass is 9.95. The fourth-order valence-electron chi connectivity index (χ4n) is 3.26. The van der Waals surface area contributed by atoms with Crippen LogP contribution in [0.4, 0.5) is 10.1 Å². The molecule has 0 saturated heterocycles. The minimum Gasteiger partial charge on any atom is -0.208 e. The van der Waals surface area contributed by atoms with Crippen molar-refractivity contribution in [3.63, 3.8) is 0 Å². The van der Waals surface area contributed by atoms with Crippen LogP contribution >= 0.6 is 0 Å². The van der Waals surface area contributed by atoms with E-state index in [0.29, 0.717) is 23.2 Å². The molecular weight excluding hydrogens is 361 g/mol. The Bertz CT molecular complexity index is 1120. The van der Waals surface area contributed by atoms with Gasteiger partial charge in [-0.2, -0.15) is 4.39 Å². The molecule has 0 amide bonds. The van der Waals surface area contributed by atoms with Crippen LogP contribution in [0.2, 0.25) is 0 Å². The van der Waals surface area contributed by atoms with E-state index >= 15 is 4.39 Å². The number of para-hydroxylation sites is 1. The van der Waals surface area contributed by atoms with Crippen molar-refractivity contribution in [2.75, 3.05) is 4.31 Å². The summed E-state index contributed by atoms with van der Waals surface area (Å²) in [4.78, 5) is 0.0624. The zero-order chi connectivity index (χ0) is 19.0. The van der Waals surface area contributed by atoms with E-state index in [1.807, 2.05) is 37.3 Å². The maximum absolute atomic E-state index is 15.6. The number of halogens is 1. The van der Waals surface area contributed by atoms with Crippen molar-refractivity contribution in [2.24, 2.45) is 0 Å². The van der Waals surface area contributed by atoms with Crippen molar-refractivity contribution < 1.29 is 12.8 Å². The summed E-state index contributed by atoms with van der Waals surface area (Å²) in [7, 11) is -4.08. The first-order valence-electron chi connectivity index (χ1n) is 8.62. The van der Waals surface area contributed by atoms with Crippen LogP contribution in [0.1, 0.15) is 16.7 Å². The highest BCUT2D eigenvalue weighted by atomic mass is 32.2. The van der Waals surface area contributed by atoms with Crippen LogP contribution < -0.4 is 4.31 Å². The fourth-order valence-corrected chi connectivity index (χ4v) is 4.71. The van der Waals surface area contributed by atoms with Crippen LogP contribution in [-0.4, -0.2) is 8.42 Å². The van der Waals surface area contributed by atoms with E-state index in [1.54, 1.807) is 36.4 Å². The van der Waals surface area contributed by atoms with Crippen LogP contribution in [0.3, 0.4) is 0 Å².